The summed E-state index contributed by atoms with van der Waals surface area (Å²) in [5.41, 5.74) is 8.60. The van der Waals surface area contributed by atoms with Crippen molar-refractivity contribution in [1.82, 2.24) is 4.98 Å². The van der Waals surface area contributed by atoms with E-state index < -0.39 is 0 Å². The van der Waals surface area contributed by atoms with Gasteiger partial charge in [0.15, 0.2) is 0 Å². The van der Waals surface area contributed by atoms with Crippen molar-refractivity contribution in [3.8, 4) is 0 Å². The van der Waals surface area contributed by atoms with Crippen LogP contribution in [0.5, 0.6) is 0 Å². The fourth-order valence-corrected chi connectivity index (χ4v) is 2.54. The molecule has 1 unspecified atom stereocenters. The molecule has 100 valence electrons. The second-order valence-electron chi connectivity index (χ2n) is 5.08. The number of ether oxygens (including phenoxy) is 1. The highest BCUT2D eigenvalue weighted by molar-refractivity contribution is 5.92. The van der Waals surface area contributed by atoms with E-state index in [9.17, 15) is 0 Å². The number of nitrogens with two attached hydrogens (primary N) is 1. The Morgan fingerprint density at radius 1 is 1.37 bits per heavy atom. The Balaban J connectivity index is 1.70. The van der Waals surface area contributed by atoms with Gasteiger partial charge in [0.1, 0.15) is 0 Å². The molecule has 2 aromatic rings. The molecule has 0 aliphatic carbocycles. The first-order chi connectivity index (χ1) is 9.33. The summed E-state index contributed by atoms with van der Waals surface area (Å²) >= 11 is 0. The first-order valence-corrected chi connectivity index (χ1v) is 6.79. The molecule has 0 radical (unpaired) electrons. The average Bonchev–Trinajstić information content (AvgIpc) is 2.92. The van der Waals surface area contributed by atoms with Crippen LogP contribution < -0.4 is 11.1 Å². The maximum absolute atomic E-state index is 5.78. The van der Waals surface area contributed by atoms with Crippen LogP contribution in [-0.4, -0.2) is 24.7 Å². The Hall–Kier alpha value is -1.81. The van der Waals surface area contributed by atoms with Crippen molar-refractivity contribution < 1.29 is 4.74 Å². The summed E-state index contributed by atoms with van der Waals surface area (Å²) in [7, 11) is 0. The second kappa shape index (κ2) is 5.45. The number of anilines is 2. The van der Waals surface area contributed by atoms with Crippen LogP contribution in [0.2, 0.25) is 0 Å². The van der Waals surface area contributed by atoms with E-state index >= 15 is 0 Å². The number of fused-ring (bicyclic) bond motifs is 1. The summed E-state index contributed by atoms with van der Waals surface area (Å²) in [4.78, 5) is 4.35. The van der Waals surface area contributed by atoms with Crippen molar-refractivity contribution in [2.75, 3.05) is 30.8 Å². The number of hydrogen-bond donors (Lipinski definition) is 2. The zero-order valence-corrected chi connectivity index (χ0v) is 10.9. The van der Waals surface area contributed by atoms with Gasteiger partial charge in [-0.15, -0.1) is 0 Å². The lowest BCUT2D eigenvalue weighted by Gasteiger charge is -2.12. The fourth-order valence-electron chi connectivity index (χ4n) is 2.54. The fraction of sp³-hybridized carbons (Fsp3) is 0.400. The minimum Gasteiger partial charge on any atom is -0.399 e. The highest BCUT2D eigenvalue weighted by Crippen LogP contribution is 2.24. The van der Waals surface area contributed by atoms with E-state index in [-0.39, 0.29) is 0 Å². The molecule has 4 nitrogen and oxygen atoms in total. The molecule has 1 aliphatic rings. The third-order valence-electron chi connectivity index (χ3n) is 3.66. The molecule has 1 aromatic heterocycles. The van der Waals surface area contributed by atoms with Crippen molar-refractivity contribution in [2.24, 2.45) is 5.92 Å². The van der Waals surface area contributed by atoms with Crippen molar-refractivity contribution in [3.63, 3.8) is 0 Å². The number of aromatic nitrogens is 1. The maximum atomic E-state index is 5.78. The molecule has 1 atom stereocenters. The minimum absolute atomic E-state index is 0.705. The molecule has 1 saturated heterocycles. The summed E-state index contributed by atoms with van der Waals surface area (Å²) in [6.07, 6.45) is 4.16. The van der Waals surface area contributed by atoms with Crippen molar-refractivity contribution in [1.29, 1.82) is 0 Å². The maximum Gasteiger partial charge on any atom is 0.0743 e. The first-order valence-electron chi connectivity index (χ1n) is 6.79. The number of benzene rings is 1. The van der Waals surface area contributed by atoms with Crippen LogP contribution >= 0.6 is 0 Å². The van der Waals surface area contributed by atoms with Gasteiger partial charge in [0.25, 0.3) is 0 Å². The summed E-state index contributed by atoms with van der Waals surface area (Å²) < 4.78 is 5.39. The van der Waals surface area contributed by atoms with E-state index in [0.717, 1.165) is 48.5 Å². The predicted octanol–water partition coefficient (Wildman–Crippen LogP) is 2.66. The summed E-state index contributed by atoms with van der Waals surface area (Å²) in [6.45, 7) is 2.80. The standard InChI is InChI=1S/C15H19N3O/c16-12-1-2-13-14(4-7-18-15(13)9-12)17-6-3-11-5-8-19-10-11/h1-2,4,7,9,11H,3,5-6,8,10,16H2,(H,17,18). The Morgan fingerprint density at radius 2 is 2.32 bits per heavy atom. The first kappa shape index (κ1) is 12.2. The minimum atomic E-state index is 0.705. The number of hydrogen-bond acceptors (Lipinski definition) is 4. The Kier molecular flexibility index (Phi) is 3.51. The van der Waals surface area contributed by atoms with E-state index in [1.54, 1.807) is 0 Å². The van der Waals surface area contributed by atoms with Crippen LogP contribution in [0.4, 0.5) is 11.4 Å². The number of rotatable bonds is 4. The lowest BCUT2D eigenvalue weighted by Crippen LogP contribution is -2.09. The molecule has 3 N–H and O–H groups in total. The average molecular weight is 257 g/mol. The highest BCUT2D eigenvalue weighted by Gasteiger charge is 2.14. The summed E-state index contributed by atoms with van der Waals surface area (Å²) in [5.74, 6) is 0.705. The lowest BCUT2D eigenvalue weighted by molar-refractivity contribution is 0.185. The van der Waals surface area contributed by atoms with Gasteiger partial charge in [-0.25, -0.2) is 0 Å². The van der Waals surface area contributed by atoms with E-state index in [2.05, 4.69) is 10.3 Å². The third kappa shape index (κ3) is 2.79. The zero-order valence-electron chi connectivity index (χ0n) is 10.9. The van der Waals surface area contributed by atoms with Crippen LogP contribution in [0.3, 0.4) is 0 Å². The van der Waals surface area contributed by atoms with Crippen LogP contribution in [0.25, 0.3) is 10.9 Å². The molecular weight excluding hydrogens is 238 g/mol. The molecule has 0 amide bonds. The highest BCUT2D eigenvalue weighted by atomic mass is 16.5. The van der Waals surface area contributed by atoms with Gasteiger partial charge < -0.3 is 15.8 Å². The molecule has 2 heterocycles. The second-order valence-corrected chi connectivity index (χ2v) is 5.08. The van der Waals surface area contributed by atoms with Gasteiger partial charge in [0.2, 0.25) is 0 Å². The molecule has 1 aromatic carbocycles. The SMILES string of the molecule is Nc1ccc2c(NCCC3CCOC3)ccnc2c1. The third-order valence-corrected chi connectivity index (χ3v) is 3.66. The van der Waals surface area contributed by atoms with Gasteiger partial charge in [0, 0.05) is 42.7 Å². The normalized spacial score (nSPS) is 18.8. The van der Waals surface area contributed by atoms with Crippen molar-refractivity contribution >= 4 is 22.3 Å². The van der Waals surface area contributed by atoms with E-state index in [1.807, 2.05) is 30.5 Å². The summed E-state index contributed by atoms with van der Waals surface area (Å²) in [5, 5.41) is 4.62. The van der Waals surface area contributed by atoms with E-state index in [4.69, 9.17) is 10.5 Å². The van der Waals surface area contributed by atoms with Gasteiger partial charge in [-0.3, -0.25) is 4.98 Å². The number of pyridine rings is 1. The van der Waals surface area contributed by atoms with Crippen LogP contribution in [0.15, 0.2) is 30.5 Å². The molecular formula is C15H19N3O. The molecule has 1 fully saturated rings. The Bertz CT molecular complexity index is 564. The monoisotopic (exact) mass is 257 g/mol. The molecule has 19 heavy (non-hydrogen) atoms. The van der Waals surface area contributed by atoms with Crippen LogP contribution in [0, 0.1) is 5.92 Å². The molecule has 3 rings (SSSR count). The summed E-state index contributed by atoms with van der Waals surface area (Å²) in [6, 6.07) is 7.87. The number of nitrogen functional groups attached to an aromatic ring is 1. The topological polar surface area (TPSA) is 60.2 Å². The van der Waals surface area contributed by atoms with Gasteiger partial charge in [-0.1, -0.05) is 0 Å². The van der Waals surface area contributed by atoms with Gasteiger partial charge in [-0.2, -0.15) is 0 Å². The lowest BCUT2D eigenvalue weighted by atomic mass is 10.1. The Morgan fingerprint density at radius 3 is 3.16 bits per heavy atom. The largest absolute Gasteiger partial charge is 0.399 e. The van der Waals surface area contributed by atoms with Gasteiger partial charge in [-0.05, 0) is 43.0 Å². The number of nitrogens with one attached hydrogen (secondary N) is 1. The molecule has 0 saturated carbocycles. The smallest absolute Gasteiger partial charge is 0.0743 e. The van der Waals surface area contributed by atoms with E-state index in [0.29, 0.717) is 5.92 Å². The molecule has 1 aliphatic heterocycles. The number of nitrogens with zero attached hydrogens (tertiary/aromatic N) is 1. The Labute approximate surface area is 113 Å². The van der Waals surface area contributed by atoms with Crippen LogP contribution in [0.1, 0.15) is 12.8 Å². The quantitative estimate of drug-likeness (QED) is 0.827. The van der Waals surface area contributed by atoms with Gasteiger partial charge >= 0.3 is 0 Å². The molecule has 0 bridgehead atoms. The predicted molar refractivity (Wildman–Crippen MR) is 78.2 cm³/mol. The molecule has 4 heteroatoms. The zero-order chi connectivity index (χ0) is 13.1. The van der Waals surface area contributed by atoms with Crippen LogP contribution in [-0.2, 0) is 4.74 Å². The van der Waals surface area contributed by atoms with Crippen molar-refractivity contribution in [3.05, 3.63) is 30.5 Å². The molecule has 0 spiro atoms. The van der Waals surface area contributed by atoms with Crippen molar-refractivity contribution in [2.45, 2.75) is 12.8 Å². The van der Waals surface area contributed by atoms with Gasteiger partial charge in [0.05, 0.1) is 5.52 Å². The van der Waals surface area contributed by atoms with E-state index in [1.165, 1.54) is 6.42 Å².